The molecule has 7 unspecified atom stereocenters. The first-order valence-electron chi connectivity index (χ1n) is 10.3. The summed E-state index contributed by atoms with van der Waals surface area (Å²) < 4.78 is 91.0. The molecule has 4 rings (SSSR count). The maximum atomic E-state index is 13.2. The summed E-state index contributed by atoms with van der Waals surface area (Å²) in [5.41, 5.74) is 0.267. The number of alkyl halides is 3. The Labute approximate surface area is 206 Å². The number of hydrogen-bond donors (Lipinski definition) is 1. The molecule has 36 heavy (non-hydrogen) atoms. The molecule has 3 saturated heterocycles. The molecular formula is C19H14B3F3O10S. The monoisotopic (exact) mass is 524 g/mol. The maximum Gasteiger partial charge on any atom is 0.426 e. The van der Waals surface area contributed by atoms with Gasteiger partial charge >= 0.3 is 24.1 Å². The maximum absolute atomic E-state index is 13.2. The Hall–Kier alpha value is -2.52. The zero-order chi connectivity index (χ0) is 26.7. The predicted octanol–water partition coefficient (Wildman–Crippen LogP) is -2.23. The van der Waals surface area contributed by atoms with Crippen LogP contribution in [0.4, 0.5) is 13.2 Å². The van der Waals surface area contributed by atoms with E-state index in [9.17, 15) is 36.0 Å². The number of carbonyl (C=O) groups is 3. The Morgan fingerprint density at radius 1 is 1.17 bits per heavy atom. The Morgan fingerprint density at radius 2 is 1.83 bits per heavy atom. The molecule has 0 aromatic heterocycles. The van der Waals surface area contributed by atoms with E-state index in [0.717, 1.165) is 0 Å². The third-order valence-corrected chi connectivity index (χ3v) is 6.86. The number of carbonyl (C=O) groups excluding carboxylic acids is 3. The molecule has 1 aromatic carbocycles. The highest BCUT2D eigenvalue weighted by atomic mass is 32.2. The molecule has 1 aromatic rings. The molecule has 3 heterocycles. The van der Waals surface area contributed by atoms with Crippen LogP contribution in [0, 0.1) is 11.8 Å². The minimum Gasteiger partial charge on any atom is -0.455 e. The molecule has 0 amide bonds. The highest BCUT2D eigenvalue weighted by Crippen LogP contribution is 2.51. The normalized spacial score (nSPS) is 29.6. The van der Waals surface area contributed by atoms with E-state index in [1.807, 2.05) is 0 Å². The van der Waals surface area contributed by atoms with Crippen molar-refractivity contribution in [2.24, 2.45) is 11.8 Å². The van der Waals surface area contributed by atoms with Crippen LogP contribution in [0.15, 0.2) is 12.1 Å². The Morgan fingerprint density at radius 3 is 2.42 bits per heavy atom. The van der Waals surface area contributed by atoms with Crippen molar-refractivity contribution in [3.63, 3.8) is 0 Å². The number of ether oxygens (including phenoxy) is 4. The summed E-state index contributed by atoms with van der Waals surface area (Å²) >= 11 is 0. The lowest BCUT2D eigenvalue weighted by Gasteiger charge is -2.29. The van der Waals surface area contributed by atoms with Crippen LogP contribution in [-0.2, 0) is 45.0 Å². The molecule has 3 aliphatic rings. The number of esters is 3. The summed E-state index contributed by atoms with van der Waals surface area (Å²) in [5, 5.41) is 0. The summed E-state index contributed by atoms with van der Waals surface area (Å²) in [6.07, 6.45) is -13.9. The van der Waals surface area contributed by atoms with Gasteiger partial charge in [-0.05, 0) is 5.56 Å². The number of fused-ring (bicyclic) bond motifs is 1. The lowest BCUT2D eigenvalue weighted by atomic mass is 9.77. The van der Waals surface area contributed by atoms with Crippen molar-refractivity contribution in [3.8, 4) is 0 Å². The van der Waals surface area contributed by atoms with E-state index in [1.165, 1.54) is 12.1 Å². The van der Waals surface area contributed by atoms with E-state index in [4.69, 9.17) is 42.3 Å². The average molecular weight is 524 g/mol. The molecular weight excluding hydrogens is 510 g/mol. The number of rotatable bonds is 7. The van der Waals surface area contributed by atoms with Crippen LogP contribution < -0.4 is 10.9 Å². The van der Waals surface area contributed by atoms with Crippen LogP contribution >= 0.6 is 0 Å². The lowest BCUT2D eigenvalue weighted by molar-refractivity contribution is -0.219. The van der Waals surface area contributed by atoms with Crippen LogP contribution in [-0.4, -0.2) is 96.9 Å². The van der Waals surface area contributed by atoms with E-state index < -0.39 is 82.3 Å². The first-order chi connectivity index (χ1) is 16.6. The zero-order valence-electron chi connectivity index (χ0n) is 18.0. The third-order valence-electron chi connectivity index (χ3n) is 6.14. The number of benzene rings is 1. The van der Waals surface area contributed by atoms with Crippen molar-refractivity contribution >= 4 is 62.5 Å². The van der Waals surface area contributed by atoms with Crippen LogP contribution in [0.1, 0.15) is 15.9 Å². The largest absolute Gasteiger partial charge is 0.455 e. The van der Waals surface area contributed by atoms with Crippen molar-refractivity contribution in [1.82, 2.24) is 0 Å². The lowest BCUT2D eigenvalue weighted by Crippen LogP contribution is -2.50. The first kappa shape index (κ1) is 26.5. The van der Waals surface area contributed by atoms with Gasteiger partial charge in [-0.15, -0.1) is 0 Å². The van der Waals surface area contributed by atoms with Crippen LogP contribution in [0.5, 0.6) is 0 Å². The third kappa shape index (κ3) is 4.75. The molecule has 3 fully saturated rings. The molecule has 3 aliphatic heterocycles. The highest BCUT2D eigenvalue weighted by molar-refractivity contribution is 7.85. The van der Waals surface area contributed by atoms with Crippen LogP contribution in [0.3, 0.4) is 0 Å². The van der Waals surface area contributed by atoms with Crippen molar-refractivity contribution in [3.05, 3.63) is 23.3 Å². The van der Waals surface area contributed by atoms with Crippen LogP contribution in [0.25, 0.3) is 0 Å². The van der Waals surface area contributed by atoms with Gasteiger partial charge in [0.25, 0.3) is 10.1 Å². The fraction of sp³-hybridized carbons (Fsp3) is 0.526. The van der Waals surface area contributed by atoms with E-state index >= 15 is 0 Å². The fourth-order valence-electron chi connectivity index (χ4n) is 4.66. The summed E-state index contributed by atoms with van der Waals surface area (Å²) in [6.45, 7) is 0. The van der Waals surface area contributed by atoms with Crippen molar-refractivity contribution in [2.45, 2.75) is 43.0 Å². The quantitative estimate of drug-likeness (QED) is 0.180. The molecule has 17 heteroatoms. The second-order valence-corrected chi connectivity index (χ2v) is 9.94. The second kappa shape index (κ2) is 9.10. The van der Waals surface area contributed by atoms with Gasteiger partial charge < -0.3 is 18.9 Å². The van der Waals surface area contributed by atoms with Crippen molar-refractivity contribution in [2.75, 3.05) is 5.75 Å². The van der Waals surface area contributed by atoms with Crippen molar-refractivity contribution < 1.29 is 59.5 Å². The van der Waals surface area contributed by atoms with Gasteiger partial charge in [-0.3, -0.25) is 14.1 Å². The highest BCUT2D eigenvalue weighted by Gasteiger charge is 2.72. The second-order valence-electron chi connectivity index (χ2n) is 8.44. The topological polar surface area (TPSA) is 142 Å². The fourth-order valence-corrected chi connectivity index (χ4v) is 5.30. The number of halogens is 3. The minimum absolute atomic E-state index is 0.0967. The van der Waals surface area contributed by atoms with E-state index in [2.05, 4.69) is 4.74 Å². The summed E-state index contributed by atoms with van der Waals surface area (Å²) in [5.74, 6) is -8.72. The summed E-state index contributed by atoms with van der Waals surface area (Å²) in [7, 11) is 12.0. The minimum atomic E-state index is -5.36. The zero-order valence-corrected chi connectivity index (χ0v) is 18.8. The summed E-state index contributed by atoms with van der Waals surface area (Å²) in [4.78, 5) is 38.0. The molecule has 10 nitrogen and oxygen atoms in total. The molecule has 1 N–H and O–H groups in total. The molecule has 2 bridgehead atoms. The van der Waals surface area contributed by atoms with Gasteiger partial charge in [0, 0.05) is 0 Å². The van der Waals surface area contributed by atoms with Gasteiger partial charge in [0.15, 0.2) is 12.2 Å². The van der Waals surface area contributed by atoms with Gasteiger partial charge in [0.1, 0.15) is 45.5 Å². The standard InChI is InChI=1S/C19H14B3F3O10S/c20-3-7-6(1-5(21)2-8(7)22)16(26)34-14-12-10(11-13(33-12)15(14)35-18(11)28)17(27)32-9(19(23,24)25)4-36(29,30)31/h1-2,9-15H,3-4H2,(H,29,30,31). The van der Waals surface area contributed by atoms with Gasteiger partial charge in [-0.2, -0.15) is 21.6 Å². The predicted molar refractivity (Wildman–Crippen MR) is 114 cm³/mol. The average Bonchev–Trinajstić information content (AvgIpc) is 3.34. The summed E-state index contributed by atoms with van der Waals surface area (Å²) in [6, 6.07) is 2.59. The molecule has 0 aliphatic carbocycles. The Kier molecular flexibility index (Phi) is 6.71. The molecule has 0 spiro atoms. The Bertz CT molecular complexity index is 1220. The molecule has 0 saturated carbocycles. The molecule has 186 valence electrons. The molecule has 7 atom stereocenters. The van der Waals surface area contributed by atoms with Gasteiger partial charge in [-0.1, -0.05) is 29.4 Å². The molecule has 6 radical (unpaired) electrons. The van der Waals surface area contributed by atoms with E-state index in [0.29, 0.717) is 0 Å². The SMILES string of the molecule is [B]Cc1c([B])cc([B])cc1C(=O)OC1C2OC(=O)C3C2OC1C3C(=O)OC(CS(=O)(=O)O)C(F)(F)F. The first-order valence-corrected chi connectivity index (χ1v) is 11.9. The van der Waals surface area contributed by atoms with Gasteiger partial charge in [-0.25, -0.2) is 4.79 Å². The van der Waals surface area contributed by atoms with E-state index in [1.54, 1.807) is 0 Å². The smallest absolute Gasteiger partial charge is 0.426 e. The van der Waals surface area contributed by atoms with Crippen molar-refractivity contribution in [1.29, 1.82) is 0 Å². The Balaban J connectivity index is 1.59. The van der Waals surface area contributed by atoms with Crippen LogP contribution in [0.2, 0.25) is 0 Å². The van der Waals surface area contributed by atoms with E-state index in [-0.39, 0.29) is 28.4 Å². The number of hydrogen-bond acceptors (Lipinski definition) is 9. The van der Waals surface area contributed by atoms with Gasteiger partial charge in [0.2, 0.25) is 6.10 Å². The van der Waals surface area contributed by atoms with Gasteiger partial charge in [0.05, 0.1) is 13.4 Å².